The third kappa shape index (κ3) is 2.28. The van der Waals surface area contributed by atoms with Crippen molar-refractivity contribution in [3.63, 3.8) is 0 Å². The molecule has 0 amide bonds. The first-order valence-electron chi connectivity index (χ1n) is 5.43. The van der Waals surface area contributed by atoms with Crippen LogP contribution in [0.25, 0.3) is 10.9 Å². The Kier molecular flexibility index (Phi) is 3.02. The smallest absolute Gasteiger partial charge is 0.0706 e. The van der Waals surface area contributed by atoms with Gasteiger partial charge in [0.1, 0.15) is 0 Å². The lowest BCUT2D eigenvalue weighted by molar-refractivity contribution is 0.861. The predicted octanol–water partition coefficient (Wildman–Crippen LogP) is 3.20. The van der Waals surface area contributed by atoms with E-state index >= 15 is 0 Å². The van der Waals surface area contributed by atoms with Crippen molar-refractivity contribution in [2.75, 3.05) is 0 Å². The molecule has 0 fully saturated rings. The number of benzene rings is 1. The molecule has 2 nitrogen and oxygen atoms in total. The maximum absolute atomic E-state index is 6.05. The van der Waals surface area contributed by atoms with Crippen LogP contribution in [-0.2, 0) is 0 Å². The average molecular weight is 212 g/mol. The monoisotopic (exact) mass is 212 g/mol. The summed E-state index contributed by atoms with van der Waals surface area (Å²) in [6.45, 7) is 4.09. The van der Waals surface area contributed by atoms with Crippen LogP contribution in [0.3, 0.4) is 0 Å². The molecule has 82 valence electrons. The van der Waals surface area contributed by atoms with Gasteiger partial charge in [-0.25, -0.2) is 0 Å². The number of nitrogens with zero attached hydrogens (tertiary/aromatic N) is 1. The highest BCUT2D eigenvalue weighted by molar-refractivity contribution is 5.78. The molecule has 1 heterocycles. The van der Waals surface area contributed by atoms with Crippen LogP contribution in [0, 0.1) is 0 Å². The Labute approximate surface area is 95.8 Å². The van der Waals surface area contributed by atoms with E-state index in [4.69, 9.17) is 5.73 Å². The number of hydrogen-bond donors (Lipinski definition) is 1. The van der Waals surface area contributed by atoms with Crippen molar-refractivity contribution >= 4 is 10.9 Å². The molecule has 1 unspecified atom stereocenters. The number of nitrogens with two attached hydrogens (primary N) is 1. The van der Waals surface area contributed by atoms with Crippen LogP contribution < -0.4 is 5.73 Å². The van der Waals surface area contributed by atoms with Crippen molar-refractivity contribution in [3.05, 3.63) is 53.7 Å². The highest BCUT2D eigenvalue weighted by atomic mass is 14.8. The summed E-state index contributed by atoms with van der Waals surface area (Å²) in [5.74, 6) is 0. The minimum atomic E-state index is -0.116. The Hall–Kier alpha value is -1.67. The van der Waals surface area contributed by atoms with Gasteiger partial charge in [0.15, 0.2) is 0 Å². The van der Waals surface area contributed by atoms with E-state index in [1.165, 1.54) is 5.57 Å². The molecular formula is C14H16N2. The van der Waals surface area contributed by atoms with Crippen LogP contribution >= 0.6 is 0 Å². The van der Waals surface area contributed by atoms with Crippen LogP contribution in [0.5, 0.6) is 0 Å². The first kappa shape index (κ1) is 10.8. The third-order valence-electron chi connectivity index (χ3n) is 2.47. The molecule has 0 aliphatic rings. The van der Waals surface area contributed by atoms with Gasteiger partial charge in [-0.3, -0.25) is 4.98 Å². The molecule has 1 aromatic carbocycles. The Bertz CT molecular complexity index is 525. The van der Waals surface area contributed by atoms with E-state index in [9.17, 15) is 0 Å². The van der Waals surface area contributed by atoms with Crippen LogP contribution in [0.15, 0.2) is 48.0 Å². The topological polar surface area (TPSA) is 38.9 Å². The fourth-order valence-corrected chi connectivity index (χ4v) is 1.71. The van der Waals surface area contributed by atoms with E-state index in [0.29, 0.717) is 0 Å². The Balaban J connectivity index is 2.43. The lowest BCUT2D eigenvalue weighted by Gasteiger charge is -2.08. The number of para-hydroxylation sites is 1. The van der Waals surface area contributed by atoms with E-state index < -0.39 is 0 Å². The van der Waals surface area contributed by atoms with Crippen molar-refractivity contribution in [1.29, 1.82) is 0 Å². The van der Waals surface area contributed by atoms with Gasteiger partial charge in [0.05, 0.1) is 17.3 Å². The number of fused-ring (bicyclic) bond motifs is 1. The lowest BCUT2D eigenvalue weighted by Crippen LogP contribution is -2.09. The van der Waals surface area contributed by atoms with Gasteiger partial charge >= 0.3 is 0 Å². The molecule has 0 aliphatic heterocycles. The van der Waals surface area contributed by atoms with Crippen LogP contribution in [0.2, 0.25) is 0 Å². The van der Waals surface area contributed by atoms with Crippen molar-refractivity contribution in [2.45, 2.75) is 19.9 Å². The number of rotatable bonds is 2. The third-order valence-corrected chi connectivity index (χ3v) is 2.47. The van der Waals surface area contributed by atoms with Crippen molar-refractivity contribution in [3.8, 4) is 0 Å². The number of aromatic nitrogens is 1. The maximum Gasteiger partial charge on any atom is 0.0706 e. The SMILES string of the molecule is CC(C)=CC(N)c1ccc2ccccc2n1. The molecule has 1 atom stereocenters. The van der Waals surface area contributed by atoms with Gasteiger partial charge < -0.3 is 5.73 Å². The van der Waals surface area contributed by atoms with Crippen molar-refractivity contribution in [1.82, 2.24) is 4.98 Å². The average Bonchev–Trinajstić information content (AvgIpc) is 2.27. The highest BCUT2D eigenvalue weighted by Crippen LogP contribution is 2.16. The second-order valence-corrected chi connectivity index (χ2v) is 4.20. The summed E-state index contributed by atoms with van der Waals surface area (Å²) in [7, 11) is 0. The largest absolute Gasteiger partial charge is 0.319 e. The quantitative estimate of drug-likeness (QED) is 0.776. The second-order valence-electron chi connectivity index (χ2n) is 4.20. The number of allylic oxidation sites excluding steroid dienone is 1. The van der Waals surface area contributed by atoms with Gasteiger partial charge in [0.25, 0.3) is 0 Å². The van der Waals surface area contributed by atoms with Crippen molar-refractivity contribution < 1.29 is 0 Å². The van der Waals surface area contributed by atoms with E-state index in [0.717, 1.165) is 16.6 Å². The molecule has 0 bridgehead atoms. The molecule has 0 saturated carbocycles. The molecule has 0 spiro atoms. The molecule has 16 heavy (non-hydrogen) atoms. The Morgan fingerprint density at radius 1 is 1.19 bits per heavy atom. The maximum atomic E-state index is 6.05. The van der Waals surface area contributed by atoms with Gasteiger partial charge in [0, 0.05) is 5.39 Å². The van der Waals surface area contributed by atoms with Crippen LogP contribution in [0.4, 0.5) is 0 Å². The number of hydrogen-bond acceptors (Lipinski definition) is 2. The predicted molar refractivity (Wildman–Crippen MR) is 68.1 cm³/mol. The Morgan fingerprint density at radius 3 is 2.69 bits per heavy atom. The zero-order chi connectivity index (χ0) is 11.5. The minimum absolute atomic E-state index is 0.116. The van der Waals surface area contributed by atoms with Crippen LogP contribution in [-0.4, -0.2) is 4.98 Å². The summed E-state index contributed by atoms with van der Waals surface area (Å²) in [5, 5.41) is 1.15. The molecule has 0 aliphatic carbocycles. The summed E-state index contributed by atoms with van der Waals surface area (Å²) >= 11 is 0. The first-order valence-corrected chi connectivity index (χ1v) is 5.43. The van der Waals surface area contributed by atoms with Crippen molar-refractivity contribution in [2.24, 2.45) is 5.73 Å². The summed E-state index contributed by atoms with van der Waals surface area (Å²) in [4.78, 5) is 4.56. The molecule has 2 rings (SSSR count). The summed E-state index contributed by atoms with van der Waals surface area (Å²) < 4.78 is 0. The Morgan fingerprint density at radius 2 is 1.94 bits per heavy atom. The molecular weight excluding hydrogens is 196 g/mol. The second kappa shape index (κ2) is 4.45. The normalized spacial score (nSPS) is 12.4. The van der Waals surface area contributed by atoms with Crippen LogP contribution in [0.1, 0.15) is 25.6 Å². The molecule has 1 aromatic heterocycles. The molecule has 2 N–H and O–H groups in total. The van der Waals surface area contributed by atoms with Gasteiger partial charge in [-0.15, -0.1) is 0 Å². The molecule has 0 radical (unpaired) electrons. The van der Waals surface area contributed by atoms with E-state index in [2.05, 4.69) is 17.1 Å². The number of pyridine rings is 1. The fourth-order valence-electron chi connectivity index (χ4n) is 1.71. The van der Waals surface area contributed by atoms with E-state index in [1.807, 2.05) is 44.2 Å². The highest BCUT2D eigenvalue weighted by Gasteiger charge is 2.04. The zero-order valence-electron chi connectivity index (χ0n) is 9.64. The lowest BCUT2D eigenvalue weighted by atomic mass is 10.1. The molecule has 2 heteroatoms. The molecule has 0 saturated heterocycles. The molecule has 2 aromatic rings. The fraction of sp³-hybridized carbons (Fsp3) is 0.214. The summed E-state index contributed by atoms with van der Waals surface area (Å²) in [6, 6.07) is 12.0. The zero-order valence-corrected chi connectivity index (χ0v) is 9.64. The standard InChI is InChI=1S/C14H16N2/c1-10(2)9-12(15)14-8-7-11-5-3-4-6-13(11)16-14/h3-9,12H,15H2,1-2H3. The first-order chi connectivity index (χ1) is 7.66. The van der Waals surface area contributed by atoms with Gasteiger partial charge in [-0.2, -0.15) is 0 Å². The van der Waals surface area contributed by atoms with Gasteiger partial charge in [-0.05, 0) is 26.0 Å². The van der Waals surface area contributed by atoms with E-state index in [1.54, 1.807) is 0 Å². The summed E-state index contributed by atoms with van der Waals surface area (Å²) in [5.41, 5.74) is 9.17. The minimum Gasteiger partial charge on any atom is -0.319 e. The van der Waals surface area contributed by atoms with E-state index in [-0.39, 0.29) is 6.04 Å². The van der Waals surface area contributed by atoms with Gasteiger partial charge in [0.2, 0.25) is 0 Å². The summed E-state index contributed by atoms with van der Waals surface area (Å²) in [6.07, 6.45) is 2.02. The van der Waals surface area contributed by atoms with Gasteiger partial charge in [-0.1, -0.05) is 35.9 Å².